The van der Waals surface area contributed by atoms with E-state index in [2.05, 4.69) is 4.72 Å². The smallest absolute Gasteiger partial charge is 0.263 e. The summed E-state index contributed by atoms with van der Waals surface area (Å²) in [6.07, 6.45) is 1.08. The number of halogens is 1. The van der Waals surface area contributed by atoms with Gasteiger partial charge in [0, 0.05) is 12.7 Å². The summed E-state index contributed by atoms with van der Waals surface area (Å²) < 4.78 is 51.0. The molecule has 124 valence electrons. The van der Waals surface area contributed by atoms with Crippen molar-refractivity contribution < 1.29 is 16.8 Å². The first-order valence-electron chi connectivity index (χ1n) is 6.42. The molecule has 9 heteroatoms. The Morgan fingerprint density at radius 1 is 0.957 bits per heavy atom. The van der Waals surface area contributed by atoms with E-state index in [0.717, 1.165) is 10.6 Å². The molecule has 0 saturated carbocycles. The molecule has 0 aliphatic heterocycles. The van der Waals surface area contributed by atoms with Crippen LogP contribution >= 0.6 is 11.6 Å². The minimum Gasteiger partial charge on any atom is -0.280 e. The zero-order chi connectivity index (χ0) is 17.3. The van der Waals surface area contributed by atoms with E-state index in [4.69, 9.17) is 11.6 Å². The molecule has 0 radical (unpaired) electrons. The molecule has 0 unspecified atom stereocenters. The van der Waals surface area contributed by atoms with E-state index in [-0.39, 0.29) is 9.92 Å². The molecule has 0 amide bonds. The van der Waals surface area contributed by atoms with Gasteiger partial charge in [0.15, 0.2) is 0 Å². The van der Waals surface area contributed by atoms with E-state index in [1.54, 1.807) is 12.1 Å². The summed E-state index contributed by atoms with van der Waals surface area (Å²) in [5.41, 5.74) is 0.726. The number of anilines is 2. The van der Waals surface area contributed by atoms with Crippen LogP contribution in [0.3, 0.4) is 0 Å². The van der Waals surface area contributed by atoms with Crippen molar-refractivity contribution in [1.82, 2.24) is 0 Å². The van der Waals surface area contributed by atoms with Gasteiger partial charge in [-0.1, -0.05) is 23.7 Å². The summed E-state index contributed by atoms with van der Waals surface area (Å²) in [6, 6.07) is 12.1. The van der Waals surface area contributed by atoms with Gasteiger partial charge in [-0.05, 0) is 36.4 Å². The fraction of sp³-hybridized carbons (Fsp3) is 0.143. The molecule has 2 aromatic rings. The fourth-order valence-corrected chi connectivity index (χ4v) is 3.89. The highest BCUT2D eigenvalue weighted by molar-refractivity contribution is 7.93. The molecule has 23 heavy (non-hydrogen) atoms. The Balaban J connectivity index is 2.26. The van der Waals surface area contributed by atoms with Crippen LogP contribution in [0, 0.1) is 0 Å². The van der Waals surface area contributed by atoms with Gasteiger partial charge in [-0.2, -0.15) is 0 Å². The van der Waals surface area contributed by atoms with Gasteiger partial charge in [0.05, 0.1) is 17.0 Å². The maximum absolute atomic E-state index is 12.3. The number of rotatable bonds is 5. The number of hydrogen-bond acceptors (Lipinski definition) is 4. The first-order valence-corrected chi connectivity index (χ1v) is 10.1. The third-order valence-electron chi connectivity index (χ3n) is 3.11. The zero-order valence-corrected chi connectivity index (χ0v) is 14.8. The molecule has 6 nitrogen and oxygen atoms in total. The normalized spacial score (nSPS) is 12.0. The Bertz CT molecular complexity index is 910. The minimum absolute atomic E-state index is 0.0287. The SMILES string of the molecule is CN(c1ccc(NS(=O)(=O)c2ccccc2Cl)cc1)S(C)(=O)=O. The van der Waals surface area contributed by atoms with Crippen LogP contribution in [0.25, 0.3) is 0 Å². The lowest BCUT2D eigenvalue weighted by Gasteiger charge is -2.17. The summed E-state index contributed by atoms with van der Waals surface area (Å²) in [5, 5.41) is 0.119. The predicted octanol–water partition coefficient (Wildman–Crippen LogP) is 2.54. The number of nitrogens with zero attached hydrogens (tertiary/aromatic N) is 1. The standard InChI is InChI=1S/C14H15ClN2O4S2/c1-17(22(2,18)19)12-9-7-11(8-10-12)16-23(20,21)14-6-4-3-5-13(14)15/h3-10,16H,1-2H3. The molecular formula is C14H15ClN2O4S2. The molecule has 1 N–H and O–H groups in total. The molecule has 0 saturated heterocycles. The van der Waals surface area contributed by atoms with Crippen LogP contribution in [0.15, 0.2) is 53.4 Å². The Labute approximate surface area is 140 Å². The Hall–Kier alpha value is -1.77. The highest BCUT2D eigenvalue weighted by Gasteiger charge is 2.18. The molecule has 0 fully saturated rings. The monoisotopic (exact) mass is 374 g/mol. The van der Waals surface area contributed by atoms with Crippen molar-refractivity contribution in [2.24, 2.45) is 0 Å². The third kappa shape index (κ3) is 4.15. The van der Waals surface area contributed by atoms with Crippen molar-refractivity contribution in [2.75, 3.05) is 22.3 Å². The van der Waals surface area contributed by atoms with Crippen LogP contribution in [0.1, 0.15) is 0 Å². The van der Waals surface area contributed by atoms with Gasteiger partial charge in [0.1, 0.15) is 4.90 Å². The van der Waals surface area contributed by atoms with Crippen molar-refractivity contribution in [1.29, 1.82) is 0 Å². The van der Waals surface area contributed by atoms with Crippen LogP contribution in [0.5, 0.6) is 0 Å². The van der Waals surface area contributed by atoms with E-state index in [9.17, 15) is 16.8 Å². The second kappa shape index (κ2) is 6.38. The van der Waals surface area contributed by atoms with Crippen LogP contribution in [0.2, 0.25) is 5.02 Å². The summed E-state index contributed by atoms with van der Waals surface area (Å²) in [6.45, 7) is 0. The maximum Gasteiger partial charge on any atom is 0.263 e. The summed E-state index contributed by atoms with van der Waals surface area (Å²) in [5.74, 6) is 0. The van der Waals surface area contributed by atoms with E-state index in [1.165, 1.54) is 43.4 Å². The van der Waals surface area contributed by atoms with Crippen LogP contribution in [0.4, 0.5) is 11.4 Å². The van der Waals surface area contributed by atoms with Crippen molar-refractivity contribution in [3.63, 3.8) is 0 Å². The molecule has 0 bridgehead atoms. The van der Waals surface area contributed by atoms with Crippen molar-refractivity contribution in [3.05, 3.63) is 53.6 Å². The Morgan fingerprint density at radius 3 is 2.04 bits per heavy atom. The van der Waals surface area contributed by atoms with Crippen molar-refractivity contribution >= 4 is 43.0 Å². The number of nitrogens with one attached hydrogen (secondary N) is 1. The van der Waals surface area contributed by atoms with Crippen LogP contribution in [-0.4, -0.2) is 30.1 Å². The number of hydrogen-bond donors (Lipinski definition) is 1. The van der Waals surface area contributed by atoms with Crippen LogP contribution < -0.4 is 9.03 Å². The summed E-state index contributed by atoms with van der Waals surface area (Å²) in [4.78, 5) is -0.0287. The fourth-order valence-electron chi connectivity index (χ4n) is 1.80. The quantitative estimate of drug-likeness (QED) is 0.871. The first-order chi connectivity index (χ1) is 10.6. The average Bonchev–Trinajstić information content (AvgIpc) is 2.46. The molecule has 2 aromatic carbocycles. The maximum atomic E-state index is 12.3. The lowest BCUT2D eigenvalue weighted by Crippen LogP contribution is -2.24. The second-order valence-electron chi connectivity index (χ2n) is 4.81. The lowest BCUT2D eigenvalue weighted by atomic mass is 10.3. The molecule has 0 aliphatic rings. The highest BCUT2D eigenvalue weighted by atomic mass is 35.5. The molecule has 2 rings (SSSR count). The van der Waals surface area contributed by atoms with E-state index >= 15 is 0 Å². The average molecular weight is 375 g/mol. The van der Waals surface area contributed by atoms with Gasteiger partial charge < -0.3 is 0 Å². The van der Waals surface area contributed by atoms with Gasteiger partial charge in [-0.25, -0.2) is 16.8 Å². The van der Waals surface area contributed by atoms with E-state index < -0.39 is 20.0 Å². The van der Waals surface area contributed by atoms with Gasteiger partial charge in [-0.3, -0.25) is 9.03 Å². The molecule has 0 aliphatic carbocycles. The molecule has 0 spiro atoms. The van der Waals surface area contributed by atoms with Crippen LogP contribution in [-0.2, 0) is 20.0 Å². The number of benzene rings is 2. The summed E-state index contributed by atoms with van der Waals surface area (Å²) in [7, 11) is -5.78. The van der Waals surface area contributed by atoms with Gasteiger partial charge >= 0.3 is 0 Å². The van der Waals surface area contributed by atoms with Gasteiger partial charge in [0.2, 0.25) is 10.0 Å². The van der Waals surface area contributed by atoms with Gasteiger partial charge in [0.25, 0.3) is 10.0 Å². The molecule has 0 aromatic heterocycles. The molecular weight excluding hydrogens is 360 g/mol. The lowest BCUT2D eigenvalue weighted by molar-refractivity contribution is 0.598. The topological polar surface area (TPSA) is 83.6 Å². The van der Waals surface area contributed by atoms with Crippen molar-refractivity contribution in [2.45, 2.75) is 4.90 Å². The van der Waals surface area contributed by atoms with E-state index in [1.807, 2.05) is 0 Å². The Morgan fingerprint density at radius 2 is 1.52 bits per heavy atom. The predicted molar refractivity (Wildman–Crippen MR) is 91.9 cm³/mol. The molecule has 0 atom stereocenters. The minimum atomic E-state index is -3.82. The highest BCUT2D eigenvalue weighted by Crippen LogP contribution is 2.24. The third-order valence-corrected chi connectivity index (χ3v) is 6.19. The van der Waals surface area contributed by atoms with Gasteiger partial charge in [-0.15, -0.1) is 0 Å². The largest absolute Gasteiger partial charge is 0.280 e. The number of sulfonamides is 2. The van der Waals surface area contributed by atoms with E-state index in [0.29, 0.717) is 11.4 Å². The second-order valence-corrected chi connectivity index (χ2v) is 8.89. The molecule has 0 heterocycles. The first kappa shape index (κ1) is 17.6. The Kier molecular flexibility index (Phi) is 4.88. The zero-order valence-electron chi connectivity index (χ0n) is 12.4. The van der Waals surface area contributed by atoms with Crippen molar-refractivity contribution in [3.8, 4) is 0 Å². The summed E-state index contributed by atoms with van der Waals surface area (Å²) >= 11 is 5.90.